The van der Waals surface area contributed by atoms with Gasteiger partial charge < -0.3 is 35.1 Å². The van der Waals surface area contributed by atoms with Crippen LogP contribution in [0.5, 0.6) is 11.5 Å². The van der Waals surface area contributed by atoms with Crippen LogP contribution < -0.4 is 5.43 Å². The molecule has 1 aliphatic rings. The first-order valence-corrected chi connectivity index (χ1v) is 6.46. The number of hydrogen-bond donors (Lipinski definition) is 6. The second kappa shape index (κ2) is 4.77. The zero-order chi connectivity index (χ0) is 16.9. The summed E-state index contributed by atoms with van der Waals surface area (Å²) in [7, 11) is 0. The number of rotatable bonds is 1. The molecule has 1 aromatic heterocycles. The molecule has 0 aliphatic heterocycles. The molecule has 3 rings (SSSR count). The van der Waals surface area contributed by atoms with Crippen molar-refractivity contribution in [3.05, 3.63) is 57.9 Å². The Morgan fingerprint density at radius 2 is 1.70 bits per heavy atom. The highest BCUT2D eigenvalue weighted by atomic mass is 16.5. The van der Waals surface area contributed by atoms with Gasteiger partial charge in [-0.2, -0.15) is 0 Å². The van der Waals surface area contributed by atoms with E-state index >= 15 is 0 Å². The maximum atomic E-state index is 12.1. The van der Waals surface area contributed by atoms with Crippen LogP contribution in [0.25, 0.3) is 11.0 Å². The van der Waals surface area contributed by atoms with Gasteiger partial charge in [-0.25, -0.2) is 0 Å². The van der Waals surface area contributed by atoms with E-state index < -0.39 is 34.4 Å². The molecule has 8 heteroatoms. The van der Waals surface area contributed by atoms with Crippen molar-refractivity contribution in [2.75, 3.05) is 0 Å². The van der Waals surface area contributed by atoms with E-state index in [0.29, 0.717) is 6.08 Å². The van der Waals surface area contributed by atoms with Gasteiger partial charge in [-0.1, -0.05) is 0 Å². The number of benzene rings is 1. The van der Waals surface area contributed by atoms with Gasteiger partial charge in [0.1, 0.15) is 28.2 Å². The maximum absolute atomic E-state index is 12.1. The van der Waals surface area contributed by atoms with Crippen molar-refractivity contribution in [1.29, 1.82) is 0 Å². The van der Waals surface area contributed by atoms with Gasteiger partial charge in [-0.3, -0.25) is 4.79 Å². The third kappa shape index (κ3) is 2.39. The van der Waals surface area contributed by atoms with Gasteiger partial charge in [0.05, 0.1) is 5.92 Å². The van der Waals surface area contributed by atoms with Gasteiger partial charge in [-0.15, -0.1) is 0 Å². The monoisotopic (exact) mass is 320 g/mol. The molecule has 2 aromatic rings. The summed E-state index contributed by atoms with van der Waals surface area (Å²) in [5.41, 5.74) is -0.853. The third-order valence-electron chi connectivity index (χ3n) is 3.51. The van der Waals surface area contributed by atoms with Crippen LogP contribution in [-0.4, -0.2) is 36.4 Å². The summed E-state index contributed by atoms with van der Waals surface area (Å²) in [6.07, 6.45) is 1.50. The molecule has 0 saturated carbocycles. The van der Waals surface area contributed by atoms with Crippen molar-refractivity contribution in [2.24, 2.45) is 0 Å². The van der Waals surface area contributed by atoms with Crippen molar-refractivity contribution >= 4 is 11.0 Å². The first-order chi connectivity index (χ1) is 10.7. The molecule has 0 spiro atoms. The van der Waals surface area contributed by atoms with Crippen molar-refractivity contribution in [3.8, 4) is 11.5 Å². The van der Waals surface area contributed by atoms with Crippen LogP contribution in [0.1, 0.15) is 11.7 Å². The van der Waals surface area contributed by atoms with Gasteiger partial charge >= 0.3 is 0 Å². The summed E-state index contributed by atoms with van der Waals surface area (Å²) in [6, 6.07) is 2.97. The Morgan fingerprint density at radius 3 is 2.39 bits per heavy atom. The zero-order valence-electron chi connectivity index (χ0n) is 11.5. The summed E-state index contributed by atoms with van der Waals surface area (Å²) in [5, 5.41) is 57.8. The number of fused-ring (bicyclic) bond motifs is 1. The van der Waals surface area contributed by atoms with Gasteiger partial charge in [0, 0.05) is 24.3 Å². The number of hydrogen-bond acceptors (Lipinski definition) is 8. The van der Waals surface area contributed by atoms with E-state index in [4.69, 9.17) is 4.42 Å². The van der Waals surface area contributed by atoms with Crippen molar-refractivity contribution in [1.82, 2.24) is 0 Å². The lowest BCUT2D eigenvalue weighted by atomic mass is 9.89. The van der Waals surface area contributed by atoms with Gasteiger partial charge in [0.2, 0.25) is 5.79 Å². The molecule has 6 N–H and O–H groups in total. The molecule has 0 fully saturated rings. The average Bonchev–Trinajstić information content (AvgIpc) is 2.40. The highest BCUT2D eigenvalue weighted by molar-refractivity contribution is 5.84. The Balaban J connectivity index is 2.24. The fourth-order valence-corrected chi connectivity index (χ4v) is 2.45. The van der Waals surface area contributed by atoms with E-state index in [2.05, 4.69) is 0 Å². The minimum absolute atomic E-state index is 0.174. The lowest BCUT2D eigenvalue weighted by Gasteiger charge is -2.28. The standard InChI is InChI=1S/C15H12O8/c16-6-1-9(18)14-10(19)4-12(23-13(14)2-6)7-3-8(17)11(20)5-15(7,21)22/h1-5,7,16-18,20-22H. The van der Waals surface area contributed by atoms with E-state index in [1.54, 1.807) is 0 Å². The molecule has 8 nitrogen and oxygen atoms in total. The Hall–Kier alpha value is -2.97. The molecule has 0 radical (unpaired) electrons. The van der Waals surface area contributed by atoms with E-state index in [1.807, 2.05) is 0 Å². The molecule has 1 heterocycles. The van der Waals surface area contributed by atoms with Gasteiger partial charge in [0.15, 0.2) is 16.9 Å². The SMILES string of the molecule is O=c1cc(C2C=C(O)C(O)=CC2(O)O)oc2cc(O)cc(O)c12. The van der Waals surface area contributed by atoms with Crippen LogP contribution in [0.15, 0.2) is 51.1 Å². The fraction of sp³-hybridized carbons (Fsp3) is 0.133. The Kier molecular flexibility index (Phi) is 3.10. The van der Waals surface area contributed by atoms with E-state index in [9.17, 15) is 35.4 Å². The molecule has 1 unspecified atom stereocenters. The molecule has 23 heavy (non-hydrogen) atoms. The lowest BCUT2D eigenvalue weighted by molar-refractivity contribution is -0.134. The topological polar surface area (TPSA) is 152 Å². The Bertz CT molecular complexity index is 919. The Labute approximate surface area is 128 Å². The third-order valence-corrected chi connectivity index (χ3v) is 3.51. The molecular formula is C15H12O8. The van der Waals surface area contributed by atoms with Crippen LogP contribution in [0, 0.1) is 0 Å². The predicted molar refractivity (Wildman–Crippen MR) is 77.1 cm³/mol. The first-order valence-electron chi connectivity index (χ1n) is 6.46. The van der Waals surface area contributed by atoms with Crippen molar-refractivity contribution in [2.45, 2.75) is 11.7 Å². The van der Waals surface area contributed by atoms with E-state index in [0.717, 1.165) is 24.3 Å². The summed E-state index contributed by atoms with van der Waals surface area (Å²) < 4.78 is 5.36. The summed E-state index contributed by atoms with van der Waals surface area (Å²) in [6.45, 7) is 0. The van der Waals surface area contributed by atoms with Gasteiger partial charge in [0.25, 0.3) is 0 Å². The second-order valence-electron chi connectivity index (χ2n) is 5.19. The minimum atomic E-state index is -2.61. The zero-order valence-corrected chi connectivity index (χ0v) is 11.5. The molecule has 0 bridgehead atoms. The number of aliphatic hydroxyl groups excluding tert-OH is 2. The van der Waals surface area contributed by atoms with Crippen molar-refractivity contribution < 1.29 is 35.1 Å². The van der Waals surface area contributed by atoms with Crippen molar-refractivity contribution in [3.63, 3.8) is 0 Å². The van der Waals surface area contributed by atoms with Crippen LogP contribution in [-0.2, 0) is 0 Å². The minimum Gasteiger partial charge on any atom is -0.508 e. The molecule has 1 aliphatic carbocycles. The molecule has 1 atom stereocenters. The number of phenolic OH excluding ortho intramolecular Hbond substituents is 2. The highest BCUT2D eigenvalue weighted by Crippen LogP contribution is 2.37. The first kappa shape index (κ1) is 14.9. The fourth-order valence-electron chi connectivity index (χ4n) is 2.45. The van der Waals surface area contributed by atoms with Crippen LogP contribution >= 0.6 is 0 Å². The smallest absolute Gasteiger partial charge is 0.200 e. The second-order valence-corrected chi connectivity index (χ2v) is 5.19. The number of aromatic hydroxyl groups is 2. The highest BCUT2D eigenvalue weighted by Gasteiger charge is 2.39. The molecule has 0 saturated heterocycles. The summed E-state index contributed by atoms with van der Waals surface area (Å²) in [5.74, 6) is -6.43. The Morgan fingerprint density at radius 1 is 1.00 bits per heavy atom. The van der Waals surface area contributed by atoms with Gasteiger partial charge in [-0.05, 0) is 6.08 Å². The lowest BCUT2D eigenvalue weighted by Crippen LogP contribution is -2.36. The average molecular weight is 320 g/mol. The van der Waals surface area contributed by atoms with Crippen LogP contribution in [0.4, 0.5) is 0 Å². The molecular weight excluding hydrogens is 308 g/mol. The molecule has 0 amide bonds. The largest absolute Gasteiger partial charge is 0.508 e. The van der Waals surface area contributed by atoms with E-state index in [1.165, 1.54) is 0 Å². The quantitative estimate of drug-likeness (QED) is 0.423. The van der Waals surface area contributed by atoms with Crippen LogP contribution in [0.3, 0.4) is 0 Å². The summed E-state index contributed by atoms with van der Waals surface area (Å²) in [4.78, 5) is 12.1. The number of phenols is 2. The predicted octanol–water partition coefficient (Wildman–Crippen LogP) is 0.866. The summed E-state index contributed by atoms with van der Waals surface area (Å²) >= 11 is 0. The molecule has 1 aromatic carbocycles. The van der Waals surface area contributed by atoms with Crippen LogP contribution in [0.2, 0.25) is 0 Å². The number of aliphatic hydroxyl groups is 4. The molecule has 120 valence electrons. The van der Waals surface area contributed by atoms with E-state index in [-0.39, 0.29) is 22.5 Å². The maximum Gasteiger partial charge on any atom is 0.200 e. The normalized spacial score (nSPS) is 20.2.